The molecule has 1 fully saturated rings. The molecule has 1 aromatic carbocycles. The molecule has 0 spiro atoms. The van der Waals surface area contributed by atoms with Crippen molar-refractivity contribution >= 4 is 21.7 Å². The van der Waals surface area contributed by atoms with Gasteiger partial charge in [-0.3, -0.25) is 4.99 Å². The van der Waals surface area contributed by atoms with Crippen molar-refractivity contribution in [3.8, 4) is 0 Å². The Kier molecular flexibility index (Phi) is 7.91. The Balaban J connectivity index is 1.90. The molecular formula is C19H33N5O2S. The van der Waals surface area contributed by atoms with Crippen LogP contribution in [0.15, 0.2) is 23.2 Å². The zero-order valence-electron chi connectivity index (χ0n) is 17.0. The summed E-state index contributed by atoms with van der Waals surface area (Å²) >= 11 is 0. The SMILES string of the molecule is CCNC(=NCCCNS(C)(=O)=O)N1CCN(c2cccc(C)c2C)CC1. The van der Waals surface area contributed by atoms with Crippen molar-refractivity contribution in [2.24, 2.45) is 4.99 Å². The molecule has 1 saturated heterocycles. The minimum atomic E-state index is -3.12. The lowest BCUT2D eigenvalue weighted by atomic mass is 10.1. The van der Waals surface area contributed by atoms with Gasteiger partial charge in [0.1, 0.15) is 0 Å². The fraction of sp³-hybridized carbons (Fsp3) is 0.632. The van der Waals surface area contributed by atoms with Gasteiger partial charge in [0, 0.05) is 51.5 Å². The highest BCUT2D eigenvalue weighted by atomic mass is 32.2. The highest BCUT2D eigenvalue weighted by Gasteiger charge is 2.20. The minimum Gasteiger partial charge on any atom is -0.368 e. The van der Waals surface area contributed by atoms with Gasteiger partial charge < -0.3 is 15.1 Å². The molecule has 0 atom stereocenters. The van der Waals surface area contributed by atoms with Gasteiger partial charge in [-0.05, 0) is 44.4 Å². The molecule has 1 aliphatic heterocycles. The van der Waals surface area contributed by atoms with Gasteiger partial charge in [0.05, 0.1) is 6.26 Å². The topological polar surface area (TPSA) is 77.0 Å². The highest BCUT2D eigenvalue weighted by Crippen LogP contribution is 2.23. The van der Waals surface area contributed by atoms with Gasteiger partial charge in [0.2, 0.25) is 10.0 Å². The standard InChI is InChI=1S/C19H33N5O2S/c1-5-20-19(21-10-7-11-22-27(4,25)26)24-14-12-23(13-15-24)18-9-6-8-16(2)17(18)3/h6,8-9,22H,5,7,10-15H2,1-4H3,(H,20,21). The maximum atomic E-state index is 11.1. The van der Waals surface area contributed by atoms with E-state index in [1.807, 2.05) is 0 Å². The molecule has 0 unspecified atom stereocenters. The van der Waals surface area contributed by atoms with Crippen molar-refractivity contribution in [1.29, 1.82) is 0 Å². The van der Waals surface area contributed by atoms with Gasteiger partial charge >= 0.3 is 0 Å². The number of hydrogen-bond donors (Lipinski definition) is 2. The molecular weight excluding hydrogens is 362 g/mol. The number of nitrogens with zero attached hydrogens (tertiary/aromatic N) is 3. The van der Waals surface area contributed by atoms with Crippen molar-refractivity contribution in [3.05, 3.63) is 29.3 Å². The van der Waals surface area contributed by atoms with Gasteiger partial charge in [-0.15, -0.1) is 0 Å². The summed E-state index contributed by atoms with van der Waals surface area (Å²) in [4.78, 5) is 9.39. The van der Waals surface area contributed by atoms with E-state index in [9.17, 15) is 8.42 Å². The molecule has 7 nitrogen and oxygen atoms in total. The van der Waals surface area contributed by atoms with Crippen LogP contribution >= 0.6 is 0 Å². The molecule has 0 amide bonds. The first-order valence-electron chi connectivity index (χ1n) is 9.61. The van der Waals surface area contributed by atoms with Crippen LogP contribution < -0.4 is 14.9 Å². The van der Waals surface area contributed by atoms with Gasteiger partial charge in [-0.25, -0.2) is 13.1 Å². The van der Waals surface area contributed by atoms with Crippen LogP contribution in [-0.2, 0) is 10.0 Å². The summed E-state index contributed by atoms with van der Waals surface area (Å²) in [5, 5.41) is 3.35. The predicted octanol–water partition coefficient (Wildman–Crippen LogP) is 1.33. The number of aryl methyl sites for hydroxylation is 1. The van der Waals surface area contributed by atoms with Crippen molar-refractivity contribution in [3.63, 3.8) is 0 Å². The number of rotatable bonds is 7. The van der Waals surface area contributed by atoms with Crippen LogP contribution in [0.3, 0.4) is 0 Å². The van der Waals surface area contributed by atoms with Crippen LogP contribution in [0.2, 0.25) is 0 Å². The largest absolute Gasteiger partial charge is 0.368 e. The first-order chi connectivity index (χ1) is 12.8. The van der Waals surface area contributed by atoms with Gasteiger partial charge in [-0.2, -0.15) is 0 Å². The molecule has 0 aliphatic carbocycles. The maximum Gasteiger partial charge on any atom is 0.208 e. The van der Waals surface area contributed by atoms with Crippen molar-refractivity contribution in [1.82, 2.24) is 14.9 Å². The number of sulfonamides is 1. The van der Waals surface area contributed by atoms with Crippen molar-refractivity contribution in [2.45, 2.75) is 27.2 Å². The molecule has 2 N–H and O–H groups in total. The summed E-state index contributed by atoms with van der Waals surface area (Å²) in [6.07, 6.45) is 1.86. The zero-order chi connectivity index (χ0) is 19.9. The first-order valence-corrected chi connectivity index (χ1v) is 11.5. The van der Waals surface area contributed by atoms with Crippen LogP contribution in [0.1, 0.15) is 24.5 Å². The lowest BCUT2D eigenvalue weighted by molar-refractivity contribution is 0.372. The van der Waals surface area contributed by atoms with Crippen LogP contribution in [-0.4, -0.2) is 71.3 Å². The fourth-order valence-corrected chi connectivity index (χ4v) is 3.70. The second kappa shape index (κ2) is 9.94. The molecule has 0 saturated carbocycles. The summed E-state index contributed by atoms with van der Waals surface area (Å²) in [5.74, 6) is 0.914. The number of guanidine groups is 1. The molecule has 2 rings (SSSR count). The van der Waals surface area contributed by atoms with E-state index in [2.05, 4.69) is 63.8 Å². The van der Waals surface area contributed by atoms with Gasteiger partial charge in [-0.1, -0.05) is 12.1 Å². The van der Waals surface area contributed by atoms with Crippen LogP contribution in [0, 0.1) is 13.8 Å². The lowest BCUT2D eigenvalue weighted by Gasteiger charge is -2.38. The zero-order valence-corrected chi connectivity index (χ0v) is 17.8. The maximum absolute atomic E-state index is 11.1. The highest BCUT2D eigenvalue weighted by molar-refractivity contribution is 7.88. The third-order valence-corrected chi connectivity index (χ3v) is 5.52. The van der Waals surface area contributed by atoms with E-state index in [0.29, 0.717) is 19.5 Å². The van der Waals surface area contributed by atoms with Crippen LogP contribution in [0.25, 0.3) is 0 Å². The Morgan fingerprint density at radius 3 is 2.52 bits per heavy atom. The second-order valence-corrected chi connectivity index (χ2v) is 8.78. The van der Waals surface area contributed by atoms with Gasteiger partial charge in [0.15, 0.2) is 5.96 Å². The Morgan fingerprint density at radius 2 is 1.89 bits per heavy atom. The Labute approximate surface area is 163 Å². The van der Waals surface area contributed by atoms with Crippen molar-refractivity contribution < 1.29 is 8.42 Å². The molecule has 0 bridgehead atoms. The molecule has 1 aromatic rings. The number of benzene rings is 1. The molecule has 0 aromatic heterocycles. The average Bonchev–Trinajstić information content (AvgIpc) is 2.62. The van der Waals surface area contributed by atoms with Crippen molar-refractivity contribution in [2.75, 3.05) is 57.0 Å². The number of aliphatic imine (C=N–C) groups is 1. The Morgan fingerprint density at radius 1 is 1.19 bits per heavy atom. The Bertz CT molecular complexity index is 740. The molecule has 8 heteroatoms. The third kappa shape index (κ3) is 6.70. The third-order valence-electron chi connectivity index (χ3n) is 4.79. The minimum absolute atomic E-state index is 0.419. The lowest BCUT2D eigenvalue weighted by Crippen LogP contribution is -2.52. The summed E-state index contributed by atoms with van der Waals surface area (Å²) < 4.78 is 24.7. The molecule has 152 valence electrons. The molecule has 27 heavy (non-hydrogen) atoms. The second-order valence-electron chi connectivity index (χ2n) is 6.95. The van der Waals surface area contributed by atoms with E-state index in [0.717, 1.165) is 38.7 Å². The van der Waals surface area contributed by atoms with Crippen LogP contribution in [0.4, 0.5) is 5.69 Å². The van der Waals surface area contributed by atoms with E-state index in [4.69, 9.17) is 0 Å². The molecule has 1 heterocycles. The average molecular weight is 396 g/mol. The molecule has 0 radical (unpaired) electrons. The van der Waals surface area contributed by atoms with E-state index >= 15 is 0 Å². The quantitative estimate of drug-likeness (QED) is 0.414. The number of hydrogen-bond acceptors (Lipinski definition) is 4. The first kappa shape index (κ1) is 21.5. The summed E-state index contributed by atoms with van der Waals surface area (Å²) in [6.45, 7) is 12.0. The summed E-state index contributed by atoms with van der Waals surface area (Å²) in [5.41, 5.74) is 4.00. The van der Waals surface area contributed by atoms with Crippen LogP contribution in [0.5, 0.6) is 0 Å². The number of nitrogens with one attached hydrogen (secondary N) is 2. The van der Waals surface area contributed by atoms with E-state index in [1.54, 1.807) is 0 Å². The number of anilines is 1. The summed E-state index contributed by atoms with van der Waals surface area (Å²) in [6, 6.07) is 6.48. The smallest absolute Gasteiger partial charge is 0.208 e. The monoisotopic (exact) mass is 395 g/mol. The van der Waals surface area contributed by atoms with Gasteiger partial charge in [0.25, 0.3) is 0 Å². The fourth-order valence-electron chi connectivity index (χ4n) is 3.18. The Hall–Kier alpha value is -1.80. The normalized spacial score (nSPS) is 15.9. The van der Waals surface area contributed by atoms with E-state index in [-0.39, 0.29) is 0 Å². The predicted molar refractivity (Wildman–Crippen MR) is 113 cm³/mol. The molecule has 1 aliphatic rings. The summed E-state index contributed by atoms with van der Waals surface area (Å²) in [7, 11) is -3.12. The van der Waals surface area contributed by atoms with E-state index in [1.165, 1.54) is 23.1 Å². The number of piperazine rings is 1. The van der Waals surface area contributed by atoms with E-state index < -0.39 is 10.0 Å².